The maximum absolute atomic E-state index is 13.5. The highest BCUT2D eigenvalue weighted by atomic mass is 35.5. The Morgan fingerprint density at radius 1 is 1.20 bits per heavy atom. The molecular weight excluding hydrogens is 279 g/mol. The van der Waals surface area contributed by atoms with Gasteiger partial charge in [0.1, 0.15) is 5.82 Å². The lowest BCUT2D eigenvalue weighted by atomic mass is 10.1. The molecule has 3 nitrogen and oxygen atoms in total. The van der Waals surface area contributed by atoms with Gasteiger partial charge in [-0.25, -0.2) is 4.39 Å². The second kappa shape index (κ2) is 5.92. The lowest BCUT2D eigenvalue weighted by Gasteiger charge is -2.12. The molecule has 0 aromatic heterocycles. The second-order valence-electron chi connectivity index (χ2n) is 4.31. The van der Waals surface area contributed by atoms with Crippen LogP contribution in [0.5, 0.6) is 0 Å². The van der Waals surface area contributed by atoms with Crippen LogP contribution in [0.3, 0.4) is 0 Å². The number of hydrogen-bond donors (Lipinski definition) is 2. The molecule has 2 aromatic rings. The molecule has 0 spiro atoms. The first-order valence-corrected chi connectivity index (χ1v) is 6.44. The Morgan fingerprint density at radius 2 is 1.95 bits per heavy atom. The highest BCUT2D eigenvalue weighted by Gasteiger charge is 2.13. The molecule has 104 valence electrons. The maximum atomic E-state index is 13.5. The summed E-state index contributed by atoms with van der Waals surface area (Å²) in [5.74, 6) is -0.701. The van der Waals surface area contributed by atoms with Gasteiger partial charge >= 0.3 is 0 Å². The molecule has 0 saturated heterocycles. The van der Waals surface area contributed by atoms with Crippen LogP contribution in [0.4, 0.5) is 15.8 Å². The van der Waals surface area contributed by atoms with Crippen LogP contribution in [0.15, 0.2) is 36.4 Å². The molecule has 0 atom stereocenters. The number of carbonyl (C=O) groups excluding carboxylic acids is 1. The fraction of sp³-hybridized carbons (Fsp3) is 0.133. The number of carbonyl (C=O) groups is 1. The van der Waals surface area contributed by atoms with Crippen LogP contribution < -0.4 is 10.6 Å². The zero-order valence-corrected chi connectivity index (χ0v) is 11.9. The van der Waals surface area contributed by atoms with Gasteiger partial charge in [-0.15, -0.1) is 0 Å². The smallest absolute Gasteiger partial charge is 0.257 e. The van der Waals surface area contributed by atoms with Crippen LogP contribution >= 0.6 is 11.6 Å². The van der Waals surface area contributed by atoms with Gasteiger partial charge in [-0.05, 0) is 37.3 Å². The molecule has 0 aliphatic rings. The minimum absolute atomic E-state index is 0.342. The van der Waals surface area contributed by atoms with E-state index in [0.717, 1.165) is 0 Å². The third-order valence-electron chi connectivity index (χ3n) is 3.01. The summed E-state index contributed by atoms with van der Waals surface area (Å²) in [6.07, 6.45) is 0. The fourth-order valence-corrected chi connectivity index (χ4v) is 2.03. The summed E-state index contributed by atoms with van der Waals surface area (Å²) in [4.78, 5) is 12.3. The third kappa shape index (κ3) is 2.91. The average molecular weight is 293 g/mol. The first-order valence-electron chi connectivity index (χ1n) is 6.06. The van der Waals surface area contributed by atoms with Crippen LogP contribution in [0.1, 0.15) is 15.9 Å². The summed E-state index contributed by atoms with van der Waals surface area (Å²) in [5, 5.41) is 6.08. The fourth-order valence-electron chi connectivity index (χ4n) is 1.85. The molecule has 20 heavy (non-hydrogen) atoms. The Hall–Kier alpha value is -2.07. The number of amides is 1. The number of halogens is 2. The minimum atomic E-state index is -0.359. The molecule has 2 aromatic carbocycles. The van der Waals surface area contributed by atoms with E-state index in [-0.39, 0.29) is 11.7 Å². The monoisotopic (exact) mass is 292 g/mol. The van der Waals surface area contributed by atoms with E-state index in [1.165, 1.54) is 6.07 Å². The van der Waals surface area contributed by atoms with Crippen molar-refractivity contribution in [3.8, 4) is 0 Å². The van der Waals surface area contributed by atoms with Crippen LogP contribution in [0.2, 0.25) is 5.02 Å². The van der Waals surface area contributed by atoms with Crippen LogP contribution in [0, 0.1) is 12.7 Å². The Labute approximate surface area is 121 Å². The molecule has 0 bridgehead atoms. The SMILES string of the molecule is CNc1ccc(Cl)cc1C(=O)Nc1cccc(F)c1C. The molecule has 0 fully saturated rings. The van der Waals surface area contributed by atoms with Crippen molar-refractivity contribution in [2.75, 3.05) is 17.7 Å². The summed E-state index contributed by atoms with van der Waals surface area (Å²) in [6, 6.07) is 9.53. The molecule has 2 rings (SSSR count). The van der Waals surface area contributed by atoms with Gasteiger partial charge in [-0.1, -0.05) is 17.7 Å². The Balaban J connectivity index is 2.33. The largest absolute Gasteiger partial charge is 0.387 e. The van der Waals surface area contributed by atoms with E-state index in [4.69, 9.17) is 11.6 Å². The van der Waals surface area contributed by atoms with E-state index in [2.05, 4.69) is 10.6 Å². The highest BCUT2D eigenvalue weighted by Crippen LogP contribution is 2.23. The number of rotatable bonds is 3. The van der Waals surface area contributed by atoms with Crippen molar-refractivity contribution >= 4 is 28.9 Å². The molecule has 0 unspecified atom stereocenters. The van der Waals surface area contributed by atoms with Gasteiger partial charge in [0.25, 0.3) is 5.91 Å². The number of anilines is 2. The predicted molar refractivity (Wildman–Crippen MR) is 80.1 cm³/mol. The van der Waals surface area contributed by atoms with Gasteiger partial charge < -0.3 is 10.6 Å². The maximum Gasteiger partial charge on any atom is 0.257 e. The van der Waals surface area contributed by atoms with Gasteiger partial charge in [-0.2, -0.15) is 0 Å². The molecule has 0 heterocycles. The van der Waals surface area contributed by atoms with E-state index < -0.39 is 0 Å². The molecular formula is C15H14ClFN2O. The Bertz CT molecular complexity index is 658. The van der Waals surface area contributed by atoms with Gasteiger partial charge in [0.05, 0.1) is 5.56 Å². The molecule has 0 aliphatic carbocycles. The van der Waals surface area contributed by atoms with Crippen molar-refractivity contribution in [3.63, 3.8) is 0 Å². The van der Waals surface area contributed by atoms with Crippen molar-refractivity contribution in [2.45, 2.75) is 6.92 Å². The zero-order chi connectivity index (χ0) is 14.7. The number of hydrogen-bond acceptors (Lipinski definition) is 2. The first-order chi connectivity index (χ1) is 9.52. The van der Waals surface area contributed by atoms with Crippen molar-refractivity contribution < 1.29 is 9.18 Å². The minimum Gasteiger partial charge on any atom is -0.387 e. The lowest BCUT2D eigenvalue weighted by molar-refractivity contribution is 0.102. The van der Waals surface area contributed by atoms with Crippen LogP contribution in [-0.4, -0.2) is 13.0 Å². The highest BCUT2D eigenvalue weighted by molar-refractivity contribution is 6.31. The number of nitrogens with one attached hydrogen (secondary N) is 2. The first kappa shape index (κ1) is 14.3. The molecule has 1 amide bonds. The molecule has 0 saturated carbocycles. The number of benzene rings is 2. The quantitative estimate of drug-likeness (QED) is 0.895. The Kier molecular flexibility index (Phi) is 4.25. The zero-order valence-electron chi connectivity index (χ0n) is 11.1. The van der Waals surface area contributed by atoms with Gasteiger partial charge in [0, 0.05) is 29.0 Å². The molecule has 0 aliphatic heterocycles. The van der Waals surface area contributed by atoms with Gasteiger partial charge in [-0.3, -0.25) is 4.79 Å². The van der Waals surface area contributed by atoms with E-state index in [0.29, 0.717) is 27.5 Å². The third-order valence-corrected chi connectivity index (χ3v) is 3.25. The van der Waals surface area contributed by atoms with Gasteiger partial charge in [0.15, 0.2) is 0 Å². The molecule has 2 N–H and O–H groups in total. The average Bonchev–Trinajstić information content (AvgIpc) is 2.43. The summed E-state index contributed by atoms with van der Waals surface area (Å²) in [6.45, 7) is 1.61. The lowest BCUT2D eigenvalue weighted by Crippen LogP contribution is -2.15. The normalized spacial score (nSPS) is 10.2. The standard InChI is InChI=1S/C15H14ClFN2O/c1-9-12(17)4-3-5-13(9)19-15(20)11-8-10(16)6-7-14(11)18-2/h3-8,18H,1-2H3,(H,19,20). The van der Waals surface area contributed by atoms with Crippen molar-refractivity contribution in [1.29, 1.82) is 0 Å². The summed E-state index contributed by atoms with van der Waals surface area (Å²) in [7, 11) is 1.72. The van der Waals surface area contributed by atoms with E-state index in [1.807, 2.05) is 0 Å². The predicted octanol–water partition coefficient (Wildman–Crippen LogP) is 4.08. The molecule has 0 radical (unpaired) electrons. The van der Waals surface area contributed by atoms with Crippen LogP contribution in [0.25, 0.3) is 0 Å². The van der Waals surface area contributed by atoms with Crippen molar-refractivity contribution in [1.82, 2.24) is 0 Å². The summed E-state index contributed by atoms with van der Waals surface area (Å²) in [5.41, 5.74) is 1.90. The van der Waals surface area contributed by atoms with E-state index in [9.17, 15) is 9.18 Å². The Morgan fingerprint density at radius 3 is 2.65 bits per heavy atom. The topological polar surface area (TPSA) is 41.1 Å². The van der Waals surface area contributed by atoms with Gasteiger partial charge in [0.2, 0.25) is 0 Å². The van der Waals surface area contributed by atoms with Crippen molar-refractivity contribution in [2.24, 2.45) is 0 Å². The summed E-state index contributed by atoms with van der Waals surface area (Å²) >= 11 is 5.91. The van der Waals surface area contributed by atoms with Crippen LogP contribution in [-0.2, 0) is 0 Å². The van der Waals surface area contributed by atoms with Crippen molar-refractivity contribution in [3.05, 3.63) is 58.4 Å². The van der Waals surface area contributed by atoms with E-state index >= 15 is 0 Å². The second-order valence-corrected chi connectivity index (χ2v) is 4.74. The van der Waals surface area contributed by atoms with E-state index in [1.54, 1.807) is 44.3 Å². The summed E-state index contributed by atoms with van der Waals surface area (Å²) < 4.78 is 13.5. The molecule has 5 heteroatoms.